The number of benzene rings is 1. The summed E-state index contributed by atoms with van der Waals surface area (Å²) in [7, 11) is -3.83. The van der Waals surface area contributed by atoms with Gasteiger partial charge in [0.15, 0.2) is 0 Å². The van der Waals surface area contributed by atoms with Gasteiger partial charge in [-0.25, -0.2) is 0 Å². The van der Waals surface area contributed by atoms with Gasteiger partial charge in [-0.15, -0.1) is 0 Å². The first-order valence-corrected chi connectivity index (χ1v) is 10.7. The summed E-state index contributed by atoms with van der Waals surface area (Å²) in [6, 6.07) is 7.23. The smallest absolute Gasteiger partial charge is 0.310 e. The van der Waals surface area contributed by atoms with Crippen LogP contribution in [0.1, 0.15) is 64.9 Å². The maximum atomic E-state index is 12.7. The lowest BCUT2D eigenvalue weighted by Gasteiger charge is -2.35. The molecule has 0 heterocycles. The number of carbonyl (C=O) groups is 1. The highest BCUT2D eigenvalue weighted by Crippen LogP contribution is 2.64. The van der Waals surface area contributed by atoms with Crippen LogP contribution in [0.2, 0.25) is 0 Å². The van der Waals surface area contributed by atoms with Crippen molar-refractivity contribution >= 4 is 15.9 Å². The Morgan fingerprint density at radius 1 is 1.24 bits per heavy atom. The van der Waals surface area contributed by atoms with E-state index < -0.39 is 15.5 Å². The summed E-state index contributed by atoms with van der Waals surface area (Å²) in [4.78, 5) is 12.5. The lowest BCUT2D eigenvalue weighted by Crippen LogP contribution is -2.43. The molecule has 4 nitrogen and oxygen atoms in total. The van der Waals surface area contributed by atoms with Crippen molar-refractivity contribution in [2.75, 3.05) is 5.75 Å². The number of Topliss-reactive ketones (excluding diaryl/α,β-unsaturated/α-hetero) is 1. The number of hydrogen-bond donors (Lipinski definition) is 0. The Kier molecular flexibility index (Phi) is 4.51. The summed E-state index contributed by atoms with van der Waals surface area (Å²) in [5.41, 5.74) is 0.102. The molecule has 0 spiro atoms. The van der Waals surface area contributed by atoms with Crippen molar-refractivity contribution in [1.82, 2.24) is 0 Å². The monoisotopic (exact) mass is 364 g/mol. The summed E-state index contributed by atoms with van der Waals surface area (Å²) in [5, 5.41) is 0. The molecule has 2 bridgehead atoms. The molecular formula is C20H28O4S. The second-order valence-corrected chi connectivity index (χ2v) is 9.90. The van der Waals surface area contributed by atoms with Crippen LogP contribution < -0.4 is 4.18 Å². The van der Waals surface area contributed by atoms with E-state index in [1.165, 1.54) is 0 Å². The summed E-state index contributed by atoms with van der Waals surface area (Å²) >= 11 is 0. The molecule has 0 amide bonds. The summed E-state index contributed by atoms with van der Waals surface area (Å²) in [6.45, 7) is 8.32. The minimum absolute atomic E-state index is 0.0908. The van der Waals surface area contributed by atoms with Crippen LogP contribution in [-0.2, 0) is 14.9 Å². The van der Waals surface area contributed by atoms with Crippen LogP contribution in [0.3, 0.4) is 0 Å². The number of fused-ring (bicyclic) bond motifs is 2. The van der Waals surface area contributed by atoms with E-state index in [-0.39, 0.29) is 17.0 Å². The van der Waals surface area contributed by atoms with E-state index in [2.05, 4.69) is 13.8 Å². The van der Waals surface area contributed by atoms with Gasteiger partial charge in [0.1, 0.15) is 11.5 Å². The molecule has 1 aromatic carbocycles. The Morgan fingerprint density at radius 2 is 1.88 bits per heavy atom. The van der Waals surface area contributed by atoms with Gasteiger partial charge in [-0.3, -0.25) is 4.79 Å². The zero-order valence-corrected chi connectivity index (χ0v) is 16.4. The first-order valence-electron chi connectivity index (χ1n) is 9.17. The normalized spacial score (nSPS) is 29.0. The van der Waals surface area contributed by atoms with Crippen molar-refractivity contribution in [3.05, 3.63) is 29.8 Å². The molecule has 25 heavy (non-hydrogen) atoms. The minimum atomic E-state index is -3.83. The molecule has 3 atom stereocenters. The maximum Gasteiger partial charge on any atom is 0.310 e. The number of ketones is 1. The number of rotatable bonds is 6. The quantitative estimate of drug-likeness (QED) is 0.706. The van der Waals surface area contributed by atoms with Crippen LogP contribution in [0.25, 0.3) is 0 Å². The molecule has 0 aliphatic heterocycles. The van der Waals surface area contributed by atoms with Gasteiger partial charge in [-0.05, 0) is 54.2 Å². The fourth-order valence-electron chi connectivity index (χ4n) is 4.67. The summed E-state index contributed by atoms with van der Waals surface area (Å²) < 4.78 is 30.7. The highest BCUT2D eigenvalue weighted by atomic mass is 32.2. The van der Waals surface area contributed by atoms with E-state index >= 15 is 0 Å². The van der Waals surface area contributed by atoms with Gasteiger partial charge in [0.2, 0.25) is 0 Å². The van der Waals surface area contributed by atoms with E-state index in [0.29, 0.717) is 30.4 Å². The van der Waals surface area contributed by atoms with Gasteiger partial charge in [0.05, 0.1) is 11.2 Å². The average Bonchev–Trinajstić information content (AvgIpc) is 2.88. The topological polar surface area (TPSA) is 60.4 Å². The van der Waals surface area contributed by atoms with E-state index in [0.717, 1.165) is 18.4 Å². The molecule has 3 rings (SSSR count). The highest BCUT2D eigenvalue weighted by Gasteiger charge is 2.65. The van der Waals surface area contributed by atoms with Gasteiger partial charge < -0.3 is 4.18 Å². The molecule has 138 valence electrons. The largest absolute Gasteiger partial charge is 0.382 e. The first kappa shape index (κ1) is 18.4. The van der Waals surface area contributed by atoms with E-state index in [1.807, 2.05) is 26.0 Å². The van der Waals surface area contributed by atoms with Gasteiger partial charge in [-0.2, -0.15) is 8.42 Å². The zero-order valence-electron chi connectivity index (χ0n) is 15.5. The SMILES string of the molecule is CCC(C)c1ccc(OS(=O)(=O)CC23CCC(CC2=O)C3(C)C)cc1. The third kappa shape index (κ3) is 3.01. The second-order valence-electron chi connectivity index (χ2n) is 8.33. The third-order valence-electron chi connectivity index (χ3n) is 6.85. The van der Waals surface area contributed by atoms with Crippen molar-refractivity contribution in [1.29, 1.82) is 0 Å². The lowest BCUT2D eigenvalue weighted by atomic mass is 9.70. The highest BCUT2D eigenvalue weighted by molar-refractivity contribution is 7.87. The van der Waals surface area contributed by atoms with E-state index in [9.17, 15) is 13.2 Å². The van der Waals surface area contributed by atoms with Crippen molar-refractivity contribution in [2.45, 2.75) is 59.3 Å². The standard InChI is InChI=1S/C20H28O4S/c1-5-14(2)15-6-8-17(9-7-15)24-25(22,23)13-20-11-10-16(12-18(20)21)19(20,3)4/h6-9,14,16H,5,10-13H2,1-4H3. The zero-order chi connectivity index (χ0) is 18.5. The van der Waals surface area contributed by atoms with Crippen LogP contribution in [0.4, 0.5) is 0 Å². The molecule has 0 saturated heterocycles. The predicted molar refractivity (Wildman–Crippen MR) is 98.1 cm³/mol. The molecule has 2 aliphatic carbocycles. The Morgan fingerprint density at radius 3 is 2.36 bits per heavy atom. The maximum absolute atomic E-state index is 12.7. The molecule has 2 fully saturated rings. The van der Waals surface area contributed by atoms with Crippen molar-refractivity contribution in [3.8, 4) is 5.75 Å². The fraction of sp³-hybridized carbons (Fsp3) is 0.650. The third-order valence-corrected chi connectivity index (χ3v) is 8.14. The average molecular weight is 365 g/mol. The Hall–Kier alpha value is -1.36. The van der Waals surface area contributed by atoms with Gasteiger partial charge in [0.25, 0.3) is 0 Å². The first-order chi connectivity index (χ1) is 11.6. The van der Waals surface area contributed by atoms with Crippen molar-refractivity contribution in [2.24, 2.45) is 16.7 Å². The summed E-state index contributed by atoms with van der Waals surface area (Å²) in [6.07, 6.45) is 3.11. The van der Waals surface area contributed by atoms with E-state index in [1.54, 1.807) is 12.1 Å². The molecule has 2 aliphatic rings. The van der Waals surface area contributed by atoms with Crippen LogP contribution in [0, 0.1) is 16.7 Å². The Bertz CT molecular complexity index is 763. The molecule has 3 unspecified atom stereocenters. The van der Waals surface area contributed by atoms with Crippen LogP contribution in [0.15, 0.2) is 24.3 Å². The second kappa shape index (κ2) is 6.11. The van der Waals surface area contributed by atoms with Gasteiger partial charge in [-0.1, -0.05) is 39.8 Å². The van der Waals surface area contributed by atoms with Crippen molar-refractivity contribution in [3.63, 3.8) is 0 Å². The van der Waals surface area contributed by atoms with Gasteiger partial charge in [0, 0.05) is 6.42 Å². The fourth-order valence-corrected chi connectivity index (χ4v) is 6.42. The number of carbonyl (C=O) groups excluding carboxylic acids is 1. The molecule has 0 aromatic heterocycles. The van der Waals surface area contributed by atoms with Crippen molar-refractivity contribution < 1.29 is 17.4 Å². The molecule has 1 aromatic rings. The predicted octanol–water partition coefficient (Wildman–Crippen LogP) is 4.30. The molecule has 5 heteroatoms. The number of hydrogen-bond acceptors (Lipinski definition) is 4. The van der Waals surface area contributed by atoms with Crippen LogP contribution >= 0.6 is 0 Å². The molecule has 0 N–H and O–H groups in total. The van der Waals surface area contributed by atoms with E-state index in [4.69, 9.17) is 4.18 Å². The van der Waals surface area contributed by atoms with Gasteiger partial charge >= 0.3 is 10.1 Å². The Labute approximate surface area is 151 Å². The lowest BCUT2D eigenvalue weighted by molar-refractivity contribution is -0.128. The molecule has 2 saturated carbocycles. The molecule has 0 radical (unpaired) electrons. The van der Waals surface area contributed by atoms with Crippen LogP contribution in [0.5, 0.6) is 5.75 Å². The minimum Gasteiger partial charge on any atom is -0.382 e. The molecular weight excluding hydrogens is 336 g/mol. The Balaban J connectivity index is 1.78. The summed E-state index contributed by atoms with van der Waals surface area (Å²) in [5.74, 6) is 0.923. The van der Waals surface area contributed by atoms with Crippen LogP contribution in [-0.4, -0.2) is 20.0 Å².